The van der Waals surface area contributed by atoms with Gasteiger partial charge in [0.2, 0.25) is 0 Å². The fourth-order valence-corrected chi connectivity index (χ4v) is 2.93. The molecule has 5 nitrogen and oxygen atoms in total. The van der Waals surface area contributed by atoms with Gasteiger partial charge in [-0.3, -0.25) is 0 Å². The highest BCUT2D eigenvalue weighted by atomic mass is 32.2. The van der Waals surface area contributed by atoms with E-state index in [2.05, 4.69) is 27.2 Å². The number of ether oxygens (including phenoxy) is 1. The minimum atomic E-state index is 0.672. The van der Waals surface area contributed by atoms with Gasteiger partial charge in [0.25, 0.3) is 0 Å². The number of hydrogen-bond acceptors (Lipinski definition) is 7. The van der Waals surface area contributed by atoms with Crippen LogP contribution in [0.25, 0.3) is 0 Å². The monoisotopic (exact) mass is 282 g/mol. The van der Waals surface area contributed by atoms with Crippen LogP contribution in [-0.4, -0.2) is 28.6 Å². The fraction of sp³-hybridized carbons (Fsp3) is 0.364. The molecule has 2 rings (SSSR count). The van der Waals surface area contributed by atoms with Crippen molar-refractivity contribution >= 4 is 28.9 Å². The van der Waals surface area contributed by atoms with Gasteiger partial charge in [0.05, 0.1) is 7.11 Å². The maximum absolute atomic E-state index is 5.39. The second-order valence-corrected chi connectivity index (χ2v) is 5.52. The van der Waals surface area contributed by atoms with Crippen molar-refractivity contribution in [1.29, 1.82) is 0 Å². The summed E-state index contributed by atoms with van der Waals surface area (Å²) in [5.74, 6) is 1.40. The van der Waals surface area contributed by atoms with E-state index < -0.39 is 0 Å². The van der Waals surface area contributed by atoms with Crippen molar-refractivity contribution in [2.45, 2.75) is 22.7 Å². The topological polar surface area (TPSA) is 59.9 Å². The van der Waals surface area contributed by atoms with Gasteiger partial charge >= 0.3 is 0 Å². The molecule has 0 radical (unpaired) electrons. The number of hydrogen-bond donors (Lipinski definition) is 1. The first-order valence-corrected chi connectivity index (χ1v) is 7.25. The quantitative estimate of drug-likeness (QED) is 0.822. The maximum Gasteiger partial charge on any atom is 0.194 e. The molecule has 0 aliphatic carbocycles. The van der Waals surface area contributed by atoms with E-state index in [0.29, 0.717) is 5.75 Å². The van der Waals surface area contributed by atoms with Crippen molar-refractivity contribution in [3.05, 3.63) is 17.9 Å². The molecule has 1 N–H and O–H groups in total. The summed E-state index contributed by atoms with van der Waals surface area (Å²) in [4.78, 5) is 12.7. The van der Waals surface area contributed by atoms with Crippen LogP contribution >= 0.6 is 23.1 Å². The molecule has 0 atom stereocenters. The van der Waals surface area contributed by atoms with E-state index in [1.54, 1.807) is 24.6 Å². The van der Waals surface area contributed by atoms with Crippen molar-refractivity contribution in [3.63, 3.8) is 0 Å². The second-order valence-electron chi connectivity index (χ2n) is 3.39. The SMILES string of the molecule is CCCNc1ncnc(Sc2nccs2)c1OC. The second kappa shape index (κ2) is 6.55. The zero-order valence-corrected chi connectivity index (χ0v) is 11.8. The van der Waals surface area contributed by atoms with Crippen LogP contribution in [0.2, 0.25) is 0 Å². The summed E-state index contributed by atoms with van der Waals surface area (Å²) >= 11 is 3.06. The number of aromatic nitrogens is 3. The summed E-state index contributed by atoms with van der Waals surface area (Å²) in [6.45, 7) is 2.96. The molecule has 2 aromatic heterocycles. The normalized spacial score (nSPS) is 10.3. The van der Waals surface area contributed by atoms with E-state index in [-0.39, 0.29) is 0 Å². The van der Waals surface area contributed by atoms with Crippen LogP contribution in [0.3, 0.4) is 0 Å². The van der Waals surface area contributed by atoms with Crippen LogP contribution in [-0.2, 0) is 0 Å². The molecule has 7 heteroatoms. The molecular formula is C11H14N4OS2. The largest absolute Gasteiger partial charge is 0.490 e. The van der Waals surface area contributed by atoms with Crippen LogP contribution in [0, 0.1) is 0 Å². The molecule has 0 saturated carbocycles. The highest BCUT2D eigenvalue weighted by molar-refractivity contribution is 8.01. The van der Waals surface area contributed by atoms with Crippen LogP contribution in [0.5, 0.6) is 5.75 Å². The van der Waals surface area contributed by atoms with Crippen LogP contribution in [0.4, 0.5) is 5.82 Å². The first-order chi connectivity index (χ1) is 8.85. The van der Waals surface area contributed by atoms with Gasteiger partial charge < -0.3 is 10.1 Å². The van der Waals surface area contributed by atoms with Crippen LogP contribution in [0.1, 0.15) is 13.3 Å². The van der Waals surface area contributed by atoms with Crippen molar-refractivity contribution in [3.8, 4) is 5.75 Å². The molecule has 0 unspecified atom stereocenters. The lowest BCUT2D eigenvalue weighted by Crippen LogP contribution is -2.05. The molecule has 2 aromatic rings. The van der Waals surface area contributed by atoms with Crippen molar-refractivity contribution in [2.24, 2.45) is 0 Å². The number of anilines is 1. The molecule has 0 aliphatic rings. The molecule has 0 fully saturated rings. The summed E-state index contributed by atoms with van der Waals surface area (Å²) in [5.41, 5.74) is 0. The number of thiazole rings is 1. The third-order valence-corrected chi connectivity index (χ3v) is 3.98. The van der Waals surface area contributed by atoms with Gasteiger partial charge in [-0.2, -0.15) is 0 Å². The predicted octanol–water partition coefficient (Wildman–Crippen LogP) is 2.91. The molecule has 0 spiro atoms. The Balaban J connectivity index is 2.23. The molecule has 0 saturated heterocycles. The molecule has 0 aromatic carbocycles. The average molecular weight is 282 g/mol. The van der Waals surface area contributed by atoms with Crippen LogP contribution < -0.4 is 10.1 Å². The molecular weight excluding hydrogens is 268 g/mol. The summed E-state index contributed by atoms with van der Waals surface area (Å²) in [7, 11) is 1.63. The molecule has 18 heavy (non-hydrogen) atoms. The Morgan fingerprint density at radius 2 is 2.28 bits per heavy atom. The van der Waals surface area contributed by atoms with E-state index in [1.807, 2.05) is 5.38 Å². The van der Waals surface area contributed by atoms with E-state index >= 15 is 0 Å². The zero-order valence-electron chi connectivity index (χ0n) is 10.2. The number of rotatable bonds is 6. The third-order valence-electron chi connectivity index (χ3n) is 2.11. The Morgan fingerprint density at radius 3 is 2.94 bits per heavy atom. The number of nitrogens with one attached hydrogen (secondary N) is 1. The van der Waals surface area contributed by atoms with E-state index in [0.717, 1.165) is 28.1 Å². The summed E-state index contributed by atoms with van der Waals surface area (Å²) in [6, 6.07) is 0. The van der Waals surface area contributed by atoms with Gasteiger partial charge in [0, 0.05) is 18.1 Å². The number of methoxy groups -OCH3 is 1. The molecule has 96 valence electrons. The lowest BCUT2D eigenvalue weighted by Gasteiger charge is -2.11. The van der Waals surface area contributed by atoms with E-state index in [9.17, 15) is 0 Å². The lowest BCUT2D eigenvalue weighted by molar-refractivity contribution is 0.400. The van der Waals surface area contributed by atoms with Crippen molar-refractivity contribution < 1.29 is 4.74 Å². The Hall–Kier alpha value is -1.34. The van der Waals surface area contributed by atoms with E-state index in [4.69, 9.17) is 4.74 Å². The Kier molecular flexibility index (Phi) is 4.77. The van der Waals surface area contributed by atoms with Gasteiger partial charge in [-0.1, -0.05) is 6.92 Å². The highest BCUT2D eigenvalue weighted by Gasteiger charge is 2.13. The Morgan fingerprint density at radius 1 is 1.39 bits per heavy atom. The van der Waals surface area contributed by atoms with Crippen molar-refractivity contribution in [2.75, 3.05) is 19.0 Å². The van der Waals surface area contributed by atoms with Gasteiger partial charge in [-0.05, 0) is 18.2 Å². The highest BCUT2D eigenvalue weighted by Crippen LogP contribution is 2.37. The maximum atomic E-state index is 5.39. The summed E-state index contributed by atoms with van der Waals surface area (Å²) < 4.78 is 6.33. The van der Waals surface area contributed by atoms with Gasteiger partial charge in [0.15, 0.2) is 20.9 Å². The molecule has 2 heterocycles. The van der Waals surface area contributed by atoms with Gasteiger partial charge in [0.1, 0.15) is 6.33 Å². The Bertz CT molecular complexity index is 490. The standard InChI is InChI=1S/C11H14N4OS2/c1-3-4-12-9-8(16-2)10(15-7-14-9)18-11-13-5-6-17-11/h5-7H,3-4H2,1-2H3,(H,12,14,15). The first-order valence-electron chi connectivity index (χ1n) is 5.55. The molecule has 0 aliphatic heterocycles. The predicted molar refractivity (Wildman–Crippen MR) is 73.6 cm³/mol. The molecule has 0 amide bonds. The smallest absolute Gasteiger partial charge is 0.194 e. The van der Waals surface area contributed by atoms with E-state index in [1.165, 1.54) is 18.1 Å². The van der Waals surface area contributed by atoms with Crippen LogP contribution in [0.15, 0.2) is 27.3 Å². The lowest BCUT2D eigenvalue weighted by atomic mass is 10.4. The first kappa shape index (κ1) is 13.1. The van der Waals surface area contributed by atoms with Gasteiger partial charge in [-0.15, -0.1) is 11.3 Å². The fourth-order valence-electron chi connectivity index (χ4n) is 1.33. The van der Waals surface area contributed by atoms with Crippen molar-refractivity contribution in [1.82, 2.24) is 15.0 Å². The Labute approximate surface area is 114 Å². The van der Waals surface area contributed by atoms with Gasteiger partial charge in [-0.25, -0.2) is 15.0 Å². The minimum absolute atomic E-state index is 0.672. The average Bonchev–Trinajstić information content (AvgIpc) is 2.89. The minimum Gasteiger partial charge on any atom is -0.490 e. The summed E-state index contributed by atoms with van der Waals surface area (Å²) in [6.07, 6.45) is 4.34. The number of nitrogens with zero attached hydrogens (tertiary/aromatic N) is 3. The summed E-state index contributed by atoms with van der Waals surface area (Å²) in [5, 5.41) is 5.94. The third kappa shape index (κ3) is 3.11. The molecule has 0 bridgehead atoms. The zero-order chi connectivity index (χ0) is 12.8.